The summed E-state index contributed by atoms with van der Waals surface area (Å²) in [6.07, 6.45) is 0.120. The number of benzene rings is 1. The van der Waals surface area contributed by atoms with Gasteiger partial charge in [0.25, 0.3) is 5.56 Å². The Morgan fingerprint density at radius 3 is 2.70 bits per heavy atom. The number of amides is 2. The van der Waals surface area contributed by atoms with Crippen molar-refractivity contribution in [3.05, 3.63) is 57.6 Å². The van der Waals surface area contributed by atoms with Crippen molar-refractivity contribution in [2.75, 3.05) is 5.32 Å². The molecule has 2 amide bonds. The van der Waals surface area contributed by atoms with E-state index in [1.807, 2.05) is 6.07 Å². The highest BCUT2D eigenvalue weighted by atomic mass is 16.5. The first-order chi connectivity index (χ1) is 12.8. The Bertz CT molecular complexity index is 1070. The molecule has 0 aliphatic heterocycles. The number of nitrogens with one attached hydrogen (secondary N) is 3. The number of pyridine rings is 1. The molecule has 0 saturated heterocycles. The molecule has 8 heteroatoms. The van der Waals surface area contributed by atoms with Gasteiger partial charge in [-0.05, 0) is 49.9 Å². The minimum atomic E-state index is -0.728. The Balaban J connectivity index is 1.62. The first kappa shape index (κ1) is 18.4. The van der Waals surface area contributed by atoms with Crippen molar-refractivity contribution in [3.8, 4) is 0 Å². The number of aryl methyl sites for hydroxylation is 2. The number of anilines is 1. The van der Waals surface area contributed by atoms with Crippen molar-refractivity contribution in [1.82, 2.24) is 15.5 Å². The van der Waals surface area contributed by atoms with Crippen molar-refractivity contribution in [2.24, 2.45) is 0 Å². The fourth-order valence-corrected chi connectivity index (χ4v) is 2.68. The fraction of sp³-hybridized carbons (Fsp3) is 0.263. The fourth-order valence-electron chi connectivity index (χ4n) is 2.68. The van der Waals surface area contributed by atoms with Gasteiger partial charge in [0.15, 0.2) is 5.82 Å². The zero-order valence-corrected chi connectivity index (χ0v) is 15.3. The Morgan fingerprint density at radius 2 is 2.00 bits per heavy atom. The van der Waals surface area contributed by atoms with Gasteiger partial charge in [-0.25, -0.2) is 0 Å². The second kappa shape index (κ2) is 7.45. The average Bonchev–Trinajstić information content (AvgIpc) is 3.00. The Kier molecular flexibility index (Phi) is 5.07. The molecule has 0 unspecified atom stereocenters. The van der Waals surface area contributed by atoms with Gasteiger partial charge in [0.1, 0.15) is 11.8 Å². The largest absolute Gasteiger partial charge is 0.360 e. The maximum atomic E-state index is 12.3. The van der Waals surface area contributed by atoms with Crippen molar-refractivity contribution in [1.29, 1.82) is 0 Å². The highest BCUT2D eigenvalue weighted by Gasteiger charge is 2.17. The van der Waals surface area contributed by atoms with Gasteiger partial charge in [-0.3, -0.25) is 14.4 Å². The number of carbonyl (C=O) groups excluding carboxylic acids is 2. The van der Waals surface area contributed by atoms with E-state index in [4.69, 9.17) is 4.52 Å². The van der Waals surface area contributed by atoms with Crippen LogP contribution in [-0.4, -0.2) is 28.0 Å². The predicted octanol–water partition coefficient (Wildman–Crippen LogP) is 1.82. The molecule has 1 atom stereocenters. The molecule has 0 saturated carbocycles. The lowest BCUT2D eigenvalue weighted by Gasteiger charge is -2.13. The van der Waals surface area contributed by atoms with E-state index in [9.17, 15) is 14.4 Å². The summed E-state index contributed by atoms with van der Waals surface area (Å²) in [7, 11) is 0. The third-order valence-corrected chi connectivity index (χ3v) is 4.11. The highest BCUT2D eigenvalue weighted by molar-refractivity contribution is 5.96. The lowest BCUT2D eigenvalue weighted by Crippen LogP contribution is -2.42. The molecule has 0 fully saturated rings. The minimum absolute atomic E-state index is 0.120. The number of rotatable bonds is 5. The predicted molar refractivity (Wildman–Crippen MR) is 100 cm³/mol. The summed E-state index contributed by atoms with van der Waals surface area (Å²) in [5.41, 5.74) is 1.98. The number of hydrogen-bond acceptors (Lipinski definition) is 5. The SMILES string of the molecule is Cc1cc(NC(=O)[C@H](C)NC(=O)Cc2ccc3[nH]c(=O)c(C)cc3c2)no1. The number of carbonyl (C=O) groups is 2. The van der Waals surface area contributed by atoms with E-state index in [0.29, 0.717) is 22.7 Å². The van der Waals surface area contributed by atoms with Crippen LogP contribution in [0.4, 0.5) is 5.82 Å². The zero-order chi connectivity index (χ0) is 19.6. The summed E-state index contributed by atoms with van der Waals surface area (Å²) in [4.78, 5) is 38.8. The summed E-state index contributed by atoms with van der Waals surface area (Å²) in [5, 5.41) is 9.77. The van der Waals surface area contributed by atoms with Crippen LogP contribution in [-0.2, 0) is 16.0 Å². The minimum Gasteiger partial charge on any atom is -0.360 e. The average molecular weight is 368 g/mol. The van der Waals surface area contributed by atoms with Crippen LogP contribution in [0.3, 0.4) is 0 Å². The van der Waals surface area contributed by atoms with Crippen LogP contribution in [0.15, 0.2) is 39.6 Å². The first-order valence-corrected chi connectivity index (χ1v) is 8.48. The van der Waals surface area contributed by atoms with Crippen LogP contribution in [0.5, 0.6) is 0 Å². The van der Waals surface area contributed by atoms with Crippen molar-refractivity contribution in [2.45, 2.75) is 33.2 Å². The van der Waals surface area contributed by atoms with Gasteiger partial charge in [-0.1, -0.05) is 11.2 Å². The highest BCUT2D eigenvalue weighted by Crippen LogP contribution is 2.14. The van der Waals surface area contributed by atoms with Gasteiger partial charge in [0.2, 0.25) is 11.8 Å². The summed E-state index contributed by atoms with van der Waals surface area (Å²) >= 11 is 0. The molecule has 8 nitrogen and oxygen atoms in total. The number of nitrogens with zero attached hydrogens (tertiary/aromatic N) is 1. The van der Waals surface area contributed by atoms with E-state index < -0.39 is 6.04 Å². The van der Waals surface area contributed by atoms with Crippen LogP contribution in [0.1, 0.15) is 23.8 Å². The Morgan fingerprint density at radius 1 is 1.22 bits per heavy atom. The molecule has 0 bridgehead atoms. The molecule has 140 valence electrons. The van der Waals surface area contributed by atoms with Crippen LogP contribution in [0, 0.1) is 13.8 Å². The number of hydrogen-bond donors (Lipinski definition) is 3. The number of H-pyrrole nitrogens is 1. The van der Waals surface area contributed by atoms with Gasteiger partial charge in [-0.2, -0.15) is 0 Å². The maximum Gasteiger partial charge on any atom is 0.251 e. The molecule has 3 N–H and O–H groups in total. The molecule has 3 aromatic rings. The topological polar surface area (TPSA) is 117 Å². The van der Waals surface area contributed by atoms with Crippen molar-refractivity contribution in [3.63, 3.8) is 0 Å². The molecule has 1 aromatic carbocycles. The van der Waals surface area contributed by atoms with E-state index >= 15 is 0 Å². The first-order valence-electron chi connectivity index (χ1n) is 8.48. The quantitative estimate of drug-likeness (QED) is 0.635. The van der Waals surface area contributed by atoms with E-state index in [-0.39, 0.29) is 23.8 Å². The lowest BCUT2D eigenvalue weighted by atomic mass is 10.1. The summed E-state index contributed by atoms with van der Waals surface area (Å²) in [6.45, 7) is 5.04. The van der Waals surface area contributed by atoms with E-state index in [0.717, 1.165) is 10.9 Å². The van der Waals surface area contributed by atoms with Crippen molar-refractivity contribution < 1.29 is 14.1 Å². The van der Waals surface area contributed by atoms with Gasteiger partial charge >= 0.3 is 0 Å². The third kappa shape index (κ3) is 4.41. The number of aromatic nitrogens is 2. The number of aromatic amines is 1. The Labute approximate surface area is 154 Å². The normalized spacial score (nSPS) is 12.0. The van der Waals surface area contributed by atoms with E-state index in [2.05, 4.69) is 20.8 Å². The molecule has 0 radical (unpaired) electrons. The smallest absolute Gasteiger partial charge is 0.251 e. The monoisotopic (exact) mass is 368 g/mol. The van der Waals surface area contributed by atoms with Gasteiger partial charge in [0.05, 0.1) is 6.42 Å². The molecule has 0 aliphatic rings. The van der Waals surface area contributed by atoms with Crippen LogP contribution < -0.4 is 16.2 Å². The molecular weight excluding hydrogens is 348 g/mol. The lowest BCUT2D eigenvalue weighted by molar-refractivity contribution is -0.125. The standard InChI is InChI=1S/C19H20N4O4/c1-10-6-14-8-13(4-5-15(14)21-18(10)25)9-17(24)20-12(3)19(26)22-16-7-11(2)27-23-16/h4-8,12H,9H2,1-3H3,(H,20,24)(H,21,25)(H,22,23,26)/t12-/m0/s1. The van der Waals surface area contributed by atoms with Gasteiger partial charge in [-0.15, -0.1) is 0 Å². The van der Waals surface area contributed by atoms with Crippen LogP contribution >= 0.6 is 0 Å². The summed E-state index contributed by atoms with van der Waals surface area (Å²) < 4.78 is 4.88. The molecule has 2 aromatic heterocycles. The zero-order valence-electron chi connectivity index (χ0n) is 15.3. The van der Waals surface area contributed by atoms with Gasteiger partial charge < -0.3 is 20.1 Å². The number of fused-ring (bicyclic) bond motifs is 1. The third-order valence-electron chi connectivity index (χ3n) is 4.11. The molecule has 3 rings (SSSR count). The second-order valence-electron chi connectivity index (χ2n) is 6.48. The molecular formula is C19H20N4O4. The summed E-state index contributed by atoms with van der Waals surface area (Å²) in [6, 6.07) is 8.03. The molecule has 0 aliphatic carbocycles. The van der Waals surface area contributed by atoms with Crippen LogP contribution in [0.2, 0.25) is 0 Å². The molecule has 0 spiro atoms. The van der Waals surface area contributed by atoms with Gasteiger partial charge in [0, 0.05) is 17.1 Å². The van der Waals surface area contributed by atoms with E-state index in [1.165, 1.54) is 0 Å². The summed E-state index contributed by atoms with van der Waals surface area (Å²) in [5.74, 6) is 0.213. The van der Waals surface area contributed by atoms with Crippen LogP contribution in [0.25, 0.3) is 10.9 Å². The van der Waals surface area contributed by atoms with Crippen molar-refractivity contribution >= 4 is 28.5 Å². The molecule has 27 heavy (non-hydrogen) atoms. The van der Waals surface area contributed by atoms with E-state index in [1.54, 1.807) is 45.0 Å². The second-order valence-corrected chi connectivity index (χ2v) is 6.48. The maximum absolute atomic E-state index is 12.3. The molecule has 2 heterocycles. The Hall–Kier alpha value is -3.42.